The van der Waals surface area contributed by atoms with E-state index in [1.807, 2.05) is 24.4 Å². The molecule has 19 heavy (non-hydrogen) atoms. The van der Waals surface area contributed by atoms with Gasteiger partial charge in [0, 0.05) is 27.9 Å². The molecule has 1 aliphatic carbocycles. The highest BCUT2D eigenvalue weighted by atomic mass is 79.9. The van der Waals surface area contributed by atoms with Gasteiger partial charge in [-0.15, -0.1) is 0 Å². The highest BCUT2D eigenvalue weighted by molar-refractivity contribution is 9.09. The van der Waals surface area contributed by atoms with Gasteiger partial charge in [0.15, 0.2) is 0 Å². The van der Waals surface area contributed by atoms with E-state index in [2.05, 4.69) is 46.9 Å². The quantitative estimate of drug-likeness (QED) is 0.773. The molecule has 1 fully saturated rings. The van der Waals surface area contributed by atoms with Crippen molar-refractivity contribution in [3.05, 3.63) is 36.5 Å². The van der Waals surface area contributed by atoms with Crippen LogP contribution in [0.4, 0.5) is 0 Å². The molecule has 1 aromatic heterocycles. The predicted molar refractivity (Wildman–Crippen MR) is 81.9 cm³/mol. The van der Waals surface area contributed by atoms with E-state index in [0.717, 1.165) is 29.5 Å². The van der Waals surface area contributed by atoms with Crippen LogP contribution in [0.1, 0.15) is 26.7 Å². The van der Waals surface area contributed by atoms with Crippen LogP contribution < -0.4 is 4.74 Å². The van der Waals surface area contributed by atoms with E-state index in [4.69, 9.17) is 4.74 Å². The summed E-state index contributed by atoms with van der Waals surface area (Å²) in [7, 11) is 0. The average molecular weight is 320 g/mol. The summed E-state index contributed by atoms with van der Waals surface area (Å²) in [4.78, 5) is 4.94. The average Bonchev–Trinajstić information content (AvgIpc) is 2.46. The number of pyridine rings is 1. The Balaban J connectivity index is 1.82. The summed E-state index contributed by atoms with van der Waals surface area (Å²) in [5.41, 5.74) is 1.23. The van der Waals surface area contributed by atoms with Crippen molar-refractivity contribution in [3.63, 3.8) is 0 Å². The largest absolute Gasteiger partial charge is 0.490 e. The van der Waals surface area contributed by atoms with Crippen molar-refractivity contribution in [1.29, 1.82) is 0 Å². The maximum Gasteiger partial charge on any atom is 0.121 e. The number of benzene rings is 1. The van der Waals surface area contributed by atoms with Crippen molar-refractivity contribution in [2.24, 2.45) is 5.41 Å². The first-order chi connectivity index (χ1) is 9.13. The molecule has 1 aliphatic rings. The zero-order valence-corrected chi connectivity index (χ0v) is 12.9. The smallest absolute Gasteiger partial charge is 0.121 e. The Morgan fingerprint density at radius 1 is 1.42 bits per heavy atom. The number of nitrogens with zero attached hydrogens (tertiary/aromatic N) is 1. The first-order valence-corrected chi connectivity index (χ1v) is 7.70. The number of hydrogen-bond donors (Lipinski definition) is 0. The molecule has 2 aromatic rings. The van der Waals surface area contributed by atoms with Crippen LogP contribution >= 0.6 is 15.9 Å². The zero-order chi connectivity index (χ0) is 13.5. The number of ether oxygens (including phenoxy) is 1. The molecule has 0 spiro atoms. The second-order valence-corrected chi connectivity index (χ2v) is 6.63. The molecule has 0 amide bonds. The third kappa shape index (κ3) is 2.14. The number of hydrogen-bond acceptors (Lipinski definition) is 2. The summed E-state index contributed by atoms with van der Waals surface area (Å²) in [6.45, 7) is 4.52. The van der Waals surface area contributed by atoms with Gasteiger partial charge in [0.25, 0.3) is 0 Å². The fourth-order valence-corrected chi connectivity index (χ4v) is 3.64. The highest BCUT2D eigenvalue weighted by Gasteiger charge is 2.50. The molecule has 1 heterocycles. The van der Waals surface area contributed by atoms with Crippen molar-refractivity contribution >= 4 is 26.8 Å². The minimum absolute atomic E-state index is 0.235. The van der Waals surface area contributed by atoms with Crippen molar-refractivity contribution in [2.45, 2.75) is 37.6 Å². The summed E-state index contributed by atoms with van der Waals surface area (Å²) in [6.07, 6.45) is 4.31. The van der Waals surface area contributed by atoms with E-state index in [-0.39, 0.29) is 5.41 Å². The molecular formula is C16H18BrNO. The van der Waals surface area contributed by atoms with Crippen LogP contribution in [0.3, 0.4) is 0 Å². The van der Waals surface area contributed by atoms with Gasteiger partial charge >= 0.3 is 0 Å². The Morgan fingerprint density at radius 2 is 2.26 bits per heavy atom. The lowest BCUT2D eigenvalue weighted by molar-refractivity contribution is -0.0242. The Hall–Kier alpha value is -1.09. The number of aromatic nitrogens is 1. The molecule has 0 N–H and O–H groups in total. The van der Waals surface area contributed by atoms with Crippen LogP contribution in [-0.2, 0) is 0 Å². The maximum absolute atomic E-state index is 6.17. The SMILES string of the molecule is CCC1(C)C(Br)CC1Oc1ccc2cccnc2c1. The monoisotopic (exact) mass is 319 g/mol. The summed E-state index contributed by atoms with van der Waals surface area (Å²) >= 11 is 3.74. The third-order valence-electron chi connectivity index (χ3n) is 4.49. The third-order valence-corrected chi connectivity index (χ3v) is 5.91. The Morgan fingerprint density at radius 3 is 3.00 bits per heavy atom. The summed E-state index contributed by atoms with van der Waals surface area (Å²) in [5.74, 6) is 0.926. The van der Waals surface area contributed by atoms with Crippen molar-refractivity contribution < 1.29 is 4.74 Å². The highest BCUT2D eigenvalue weighted by Crippen LogP contribution is 2.50. The molecule has 3 rings (SSSR count). The van der Waals surface area contributed by atoms with Crippen LogP contribution in [-0.4, -0.2) is 15.9 Å². The summed E-state index contributed by atoms with van der Waals surface area (Å²) < 4.78 is 6.17. The molecule has 0 saturated heterocycles. The number of rotatable bonds is 3. The minimum atomic E-state index is 0.235. The zero-order valence-electron chi connectivity index (χ0n) is 11.3. The fourth-order valence-electron chi connectivity index (χ4n) is 2.68. The Labute approximate surface area is 122 Å². The molecule has 0 radical (unpaired) electrons. The van der Waals surface area contributed by atoms with Gasteiger partial charge in [-0.3, -0.25) is 4.98 Å². The van der Waals surface area contributed by atoms with Crippen LogP contribution in [0, 0.1) is 5.41 Å². The van der Waals surface area contributed by atoms with E-state index in [0.29, 0.717) is 10.9 Å². The van der Waals surface area contributed by atoms with Crippen LogP contribution in [0.15, 0.2) is 36.5 Å². The van der Waals surface area contributed by atoms with Crippen molar-refractivity contribution in [2.75, 3.05) is 0 Å². The maximum atomic E-state index is 6.17. The lowest BCUT2D eigenvalue weighted by Gasteiger charge is -2.50. The molecule has 0 aliphatic heterocycles. The van der Waals surface area contributed by atoms with Gasteiger partial charge in [0.2, 0.25) is 0 Å². The van der Waals surface area contributed by atoms with Gasteiger partial charge in [-0.05, 0) is 31.0 Å². The van der Waals surface area contributed by atoms with Crippen LogP contribution in [0.2, 0.25) is 0 Å². The van der Waals surface area contributed by atoms with Crippen molar-refractivity contribution in [3.8, 4) is 5.75 Å². The first-order valence-electron chi connectivity index (χ1n) is 6.79. The molecule has 3 unspecified atom stereocenters. The normalized spacial score (nSPS) is 30.1. The predicted octanol–water partition coefficient (Wildman–Crippen LogP) is 4.57. The van der Waals surface area contributed by atoms with Gasteiger partial charge in [-0.2, -0.15) is 0 Å². The number of alkyl halides is 1. The fraction of sp³-hybridized carbons (Fsp3) is 0.438. The lowest BCUT2D eigenvalue weighted by Crippen LogP contribution is -2.54. The topological polar surface area (TPSA) is 22.1 Å². The number of halogens is 1. The molecule has 3 atom stereocenters. The standard InChI is InChI=1S/C16H18BrNO/c1-3-16(2)14(17)10-15(16)19-12-7-6-11-5-4-8-18-13(11)9-12/h4-9,14-15H,3,10H2,1-2H3. The Kier molecular flexibility index (Phi) is 3.25. The molecule has 0 bridgehead atoms. The lowest BCUT2D eigenvalue weighted by atomic mass is 9.65. The van der Waals surface area contributed by atoms with Gasteiger partial charge in [0.05, 0.1) is 5.52 Å². The van der Waals surface area contributed by atoms with Crippen LogP contribution in [0.5, 0.6) is 5.75 Å². The van der Waals surface area contributed by atoms with Crippen LogP contribution in [0.25, 0.3) is 10.9 Å². The van der Waals surface area contributed by atoms with Gasteiger partial charge in [0.1, 0.15) is 11.9 Å². The molecule has 1 saturated carbocycles. The van der Waals surface area contributed by atoms with Gasteiger partial charge in [-0.1, -0.05) is 35.8 Å². The molecule has 1 aromatic carbocycles. The van der Waals surface area contributed by atoms with Gasteiger partial charge in [-0.25, -0.2) is 0 Å². The summed E-state index contributed by atoms with van der Waals surface area (Å²) in [6, 6.07) is 10.2. The molecule has 3 heteroatoms. The Bertz CT molecular complexity index is 600. The molecular weight excluding hydrogens is 302 g/mol. The second-order valence-electron chi connectivity index (χ2n) is 5.53. The van der Waals surface area contributed by atoms with Gasteiger partial charge < -0.3 is 4.74 Å². The van der Waals surface area contributed by atoms with E-state index < -0.39 is 0 Å². The molecule has 2 nitrogen and oxygen atoms in total. The van der Waals surface area contributed by atoms with E-state index >= 15 is 0 Å². The second kappa shape index (κ2) is 4.78. The summed E-state index contributed by atoms with van der Waals surface area (Å²) in [5, 5.41) is 1.15. The number of fused-ring (bicyclic) bond motifs is 1. The van der Waals surface area contributed by atoms with E-state index in [9.17, 15) is 0 Å². The first kappa shape index (κ1) is 12.9. The molecule has 100 valence electrons. The van der Waals surface area contributed by atoms with E-state index in [1.165, 1.54) is 0 Å². The van der Waals surface area contributed by atoms with Crippen molar-refractivity contribution in [1.82, 2.24) is 4.98 Å². The van der Waals surface area contributed by atoms with E-state index in [1.54, 1.807) is 0 Å². The minimum Gasteiger partial charge on any atom is -0.490 e.